The van der Waals surface area contributed by atoms with E-state index in [9.17, 15) is 9.59 Å². The van der Waals surface area contributed by atoms with Crippen molar-refractivity contribution in [2.45, 2.75) is 0 Å². The van der Waals surface area contributed by atoms with Crippen molar-refractivity contribution in [3.63, 3.8) is 0 Å². The molecule has 0 radical (unpaired) electrons. The van der Waals surface area contributed by atoms with Crippen LogP contribution >= 0.6 is 95.6 Å². The van der Waals surface area contributed by atoms with E-state index in [1.54, 1.807) is 12.1 Å². The zero-order valence-electron chi connectivity index (χ0n) is 14.7. The predicted octanol–water partition coefficient (Wildman–Crippen LogP) is 7.79. The molecule has 4 N–H and O–H groups in total. The van der Waals surface area contributed by atoms with Crippen LogP contribution in [0.2, 0.25) is 0 Å². The minimum atomic E-state index is -0.688. The Morgan fingerprint density at radius 1 is 0.600 bits per heavy atom. The standard InChI is InChI=1S/C20H10Br6N2O2/c21-7-3-11(23)15(12(24)4-7)9-1-2-10(19(27)29)16(17(9)20(28)30)18-13(25)5-8(22)6-14(18)26/h1-6H,(H2,27,29)(H2,28,30). The van der Waals surface area contributed by atoms with Crippen LogP contribution < -0.4 is 11.5 Å². The molecule has 10 heteroatoms. The Hall–Kier alpha value is -0.520. The molecular weight excluding hydrogens is 780 g/mol. The second-order valence-corrected chi connectivity index (χ2v) is 11.4. The summed E-state index contributed by atoms with van der Waals surface area (Å²) in [5.74, 6) is -1.36. The van der Waals surface area contributed by atoms with Crippen LogP contribution in [0, 0.1) is 0 Å². The number of amides is 2. The van der Waals surface area contributed by atoms with Crippen LogP contribution in [0.1, 0.15) is 20.7 Å². The molecule has 30 heavy (non-hydrogen) atoms. The van der Waals surface area contributed by atoms with E-state index in [4.69, 9.17) is 11.5 Å². The van der Waals surface area contributed by atoms with Gasteiger partial charge in [0.05, 0.1) is 5.56 Å². The quantitative estimate of drug-likeness (QED) is 0.283. The summed E-state index contributed by atoms with van der Waals surface area (Å²) < 4.78 is 4.43. The Balaban J connectivity index is 2.54. The average Bonchev–Trinajstić information content (AvgIpc) is 2.59. The molecule has 0 spiro atoms. The van der Waals surface area contributed by atoms with Crippen molar-refractivity contribution in [2.24, 2.45) is 11.5 Å². The molecule has 3 aromatic rings. The van der Waals surface area contributed by atoms with Crippen LogP contribution in [0.5, 0.6) is 0 Å². The number of hydrogen-bond donors (Lipinski definition) is 2. The van der Waals surface area contributed by atoms with Gasteiger partial charge in [-0.3, -0.25) is 9.59 Å². The summed E-state index contributed by atoms with van der Waals surface area (Å²) in [6, 6.07) is 10.6. The Kier molecular flexibility index (Phi) is 7.67. The van der Waals surface area contributed by atoms with Gasteiger partial charge in [0, 0.05) is 49.1 Å². The molecule has 0 fully saturated rings. The van der Waals surface area contributed by atoms with Crippen LogP contribution in [0.4, 0.5) is 0 Å². The summed E-state index contributed by atoms with van der Waals surface area (Å²) in [5.41, 5.74) is 14.1. The van der Waals surface area contributed by atoms with Gasteiger partial charge in [-0.05, 0) is 35.9 Å². The topological polar surface area (TPSA) is 86.2 Å². The maximum atomic E-state index is 12.7. The van der Waals surface area contributed by atoms with Crippen molar-refractivity contribution < 1.29 is 9.59 Å². The van der Waals surface area contributed by atoms with Crippen LogP contribution in [0.15, 0.2) is 63.2 Å². The molecule has 0 atom stereocenters. The molecule has 0 aromatic heterocycles. The summed E-state index contributed by atoms with van der Waals surface area (Å²) in [5, 5.41) is 0. The van der Waals surface area contributed by atoms with E-state index in [-0.39, 0.29) is 11.1 Å². The van der Waals surface area contributed by atoms with Gasteiger partial charge >= 0.3 is 0 Å². The number of halogens is 6. The number of carbonyl (C=O) groups is 2. The lowest BCUT2D eigenvalue weighted by Gasteiger charge is -2.20. The van der Waals surface area contributed by atoms with Gasteiger partial charge in [0.1, 0.15) is 0 Å². The highest BCUT2D eigenvalue weighted by atomic mass is 79.9. The van der Waals surface area contributed by atoms with Crippen LogP contribution in [-0.2, 0) is 0 Å². The van der Waals surface area contributed by atoms with Crippen molar-refractivity contribution in [3.8, 4) is 22.3 Å². The predicted molar refractivity (Wildman–Crippen MR) is 141 cm³/mol. The lowest BCUT2D eigenvalue weighted by molar-refractivity contribution is 0.0999. The molecule has 2 amide bonds. The molecule has 154 valence electrons. The Labute approximate surface area is 222 Å². The fraction of sp³-hybridized carbons (Fsp3) is 0. The van der Waals surface area contributed by atoms with E-state index in [0.29, 0.717) is 31.2 Å². The molecule has 3 rings (SSSR count). The number of nitrogens with two attached hydrogens (primary N) is 2. The van der Waals surface area contributed by atoms with Crippen LogP contribution in [-0.4, -0.2) is 11.8 Å². The third kappa shape index (κ3) is 4.63. The fourth-order valence-electron chi connectivity index (χ4n) is 3.11. The molecular formula is C20H10Br6N2O2. The molecule has 0 bridgehead atoms. The van der Waals surface area contributed by atoms with Gasteiger partial charge in [-0.15, -0.1) is 0 Å². The van der Waals surface area contributed by atoms with Crippen molar-refractivity contribution in [1.29, 1.82) is 0 Å². The second-order valence-electron chi connectivity index (χ2n) is 6.13. The highest BCUT2D eigenvalue weighted by Crippen LogP contribution is 2.46. The first-order valence-corrected chi connectivity index (χ1v) is 12.8. The van der Waals surface area contributed by atoms with Gasteiger partial charge in [-0.1, -0.05) is 102 Å². The first-order chi connectivity index (χ1) is 14.0. The maximum absolute atomic E-state index is 12.7. The first kappa shape index (κ1) is 24.1. The zero-order chi connectivity index (χ0) is 22.3. The van der Waals surface area contributed by atoms with Crippen molar-refractivity contribution in [2.75, 3.05) is 0 Å². The SMILES string of the molecule is NC(=O)c1ccc(-c2c(Br)cc(Br)cc2Br)c(C(N)=O)c1-c1c(Br)cc(Br)cc1Br. The molecule has 0 aliphatic carbocycles. The molecule has 0 heterocycles. The zero-order valence-corrected chi connectivity index (χ0v) is 24.2. The van der Waals surface area contributed by atoms with Crippen LogP contribution in [0.25, 0.3) is 22.3 Å². The van der Waals surface area contributed by atoms with E-state index in [1.165, 1.54) is 0 Å². The van der Waals surface area contributed by atoms with E-state index >= 15 is 0 Å². The van der Waals surface area contributed by atoms with Crippen molar-refractivity contribution >= 4 is 107 Å². The molecule has 0 unspecified atom stereocenters. The summed E-state index contributed by atoms with van der Waals surface area (Å²) >= 11 is 21.1. The number of primary amides is 2. The summed E-state index contributed by atoms with van der Waals surface area (Å²) in [4.78, 5) is 25.0. The minimum absolute atomic E-state index is 0.179. The van der Waals surface area contributed by atoms with Crippen molar-refractivity contribution in [3.05, 3.63) is 74.4 Å². The van der Waals surface area contributed by atoms with Crippen molar-refractivity contribution in [1.82, 2.24) is 0 Å². The minimum Gasteiger partial charge on any atom is -0.366 e. The molecule has 0 aliphatic heterocycles. The Bertz CT molecular complexity index is 1180. The smallest absolute Gasteiger partial charge is 0.249 e. The molecule has 0 aliphatic rings. The normalized spacial score (nSPS) is 10.9. The molecule has 4 nitrogen and oxygen atoms in total. The Morgan fingerprint density at radius 2 is 1.03 bits per heavy atom. The Morgan fingerprint density at radius 3 is 1.43 bits per heavy atom. The average molecular weight is 790 g/mol. The van der Waals surface area contributed by atoms with E-state index in [2.05, 4.69) is 95.6 Å². The first-order valence-electron chi connectivity index (χ1n) is 8.09. The monoisotopic (exact) mass is 784 g/mol. The lowest BCUT2D eigenvalue weighted by atomic mass is 9.87. The van der Waals surface area contributed by atoms with E-state index < -0.39 is 11.8 Å². The second kappa shape index (κ2) is 9.54. The summed E-state index contributed by atoms with van der Waals surface area (Å²) in [6.45, 7) is 0. The highest BCUT2D eigenvalue weighted by molar-refractivity contribution is 9.12. The van der Waals surface area contributed by atoms with Gasteiger partial charge in [0.15, 0.2) is 0 Å². The summed E-state index contributed by atoms with van der Waals surface area (Å²) in [6.07, 6.45) is 0. The molecule has 0 saturated heterocycles. The van der Waals surface area contributed by atoms with E-state index in [0.717, 1.165) is 17.9 Å². The van der Waals surface area contributed by atoms with Gasteiger partial charge in [-0.25, -0.2) is 0 Å². The molecule has 3 aromatic carbocycles. The lowest BCUT2D eigenvalue weighted by Crippen LogP contribution is -2.19. The number of benzene rings is 3. The highest BCUT2D eigenvalue weighted by Gasteiger charge is 2.27. The van der Waals surface area contributed by atoms with Crippen LogP contribution in [0.3, 0.4) is 0 Å². The largest absolute Gasteiger partial charge is 0.366 e. The molecule has 0 saturated carbocycles. The number of carbonyl (C=O) groups excluding carboxylic acids is 2. The number of rotatable bonds is 4. The van der Waals surface area contributed by atoms with Gasteiger partial charge < -0.3 is 11.5 Å². The fourth-order valence-corrected chi connectivity index (χ4v) is 8.45. The van der Waals surface area contributed by atoms with Gasteiger partial charge in [-0.2, -0.15) is 0 Å². The third-order valence-corrected chi connectivity index (χ3v) is 7.67. The number of hydrogen-bond acceptors (Lipinski definition) is 2. The van der Waals surface area contributed by atoms with Gasteiger partial charge in [0.2, 0.25) is 11.8 Å². The maximum Gasteiger partial charge on any atom is 0.249 e. The summed E-state index contributed by atoms with van der Waals surface area (Å²) in [7, 11) is 0. The van der Waals surface area contributed by atoms with E-state index in [1.807, 2.05) is 24.3 Å². The third-order valence-electron chi connectivity index (χ3n) is 4.25. The van der Waals surface area contributed by atoms with Gasteiger partial charge in [0.25, 0.3) is 0 Å².